The number of alkyl halides is 1. The van der Waals surface area contributed by atoms with Crippen LogP contribution in [-0.2, 0) is 16.1 Å². The van der Waals surface area contributed by atoms with E-state index in [4.69, 9.17) is 0 Å². The van der Waals surface area contributed by atoms with Crippen molar-refractivity contribution in [3.05, 3.63) is 34.3 Å². The van der Waals surface area contributed by atoms with Gasteiger partial charge in [0.25, 0.3) is 5.91 Å². The Morgan fingerprint density at radius 1 is 1.35 bits per heavy atom. The van der Waals surface area contributed by atoms with E-state index < -0.39 is 17.0 Å². The highest BCUT2D eigenvalue weighted by Gasteiger charge is 2.62. The van der Waals surface area contributed by atoms with E-state index in [0.717, 1.165) is 16.4 Å². The number of nitrogens with zero attached hydrogens (tertiary/aromatic N) is 5. The van der Waals surface area contributed by atoms with E-state index in [-0.39, 0.29) is 37.3 Å². The van der Waals surface area contributed by atoms with Crippen LogP contribution in [0, 0.1) is 12.3 Å². The molecule has 9 heteroatoms. The second kappa shape index (κ2) is 7.12. The smallest absolute Gasteiger partial charge is 0.260 e. The van der Waals surface area contributed by atoms with Gasteiger partial charge in [0.15, 0.2) is 5.67 Å². The van der Waals surface area contributed by atoms with Crippen LogP contribution < -0.4 is 0 Å². The van der Waals surface area contributed by atoms with Gasteiger partial charge in [0.05, 0.1) is 34.7 Å². The summed E-state index contributed by atoms with van der Waals surface area (Å²) in [6.07, 6.45) is 4.96. The van der Waals surface area contributed by atoms with Gasteiger partial charge < -0.3 is 14.4 Å². The third kappa shape index (κ3) is 3.37. The predicted octanol–water partition coefficient (Wildman–Crippen LogP) is 3.08. The van der Waals surface area contributed by atoms with Gasteiger partial charge in [-0.2, -0.15) is 0 Å². The van der Waals surface area contributed by atoms with Crippen molar-refractivity contribution < 1.29 is 14.0 Å². The minimum absolute atomic E-state index is 0.0289. The van der Waals surface area contributed by atoms with E-state index in [0.29, 0.717) is 26.1 Å². The van der Waals surface area contributed by atoms with Gasteiger partial charge in [0, 0.05) is 43.2 Å². The van der Waals surface area contributed by atoms with Crippen LogP contribution >= 0.6 is 11.3 Å². The molecule has 2 aromatic heterocycles. The molecule has 2 aromatic rings. The van der Waals surface area contributed by atoms with Crippen molar-refractivity contribution in [3.8, 4) is 0 Å². The number of carbonyl (C=O) groups is 2. The molecule has 4 heterocycles. The maximum absolute atomic E-state index is 14.6. The van der Waals surface area contributed by atoms with Crippen LogP contribution in [0.2, 0.25) is 0 Å². The van der Waals surface area contributed by atoms with Gasteiger partial charge >= 0.3 is 0 Å². The van der Waals surface area contributed by atoms with Crippen molar-refractivity contribution >= 4 is 23.2 Å². The molecule has 1 spiro atoms. The fourth-order valence-electron chi connectivity index (χ4n) is 5.02. The third-order valence-electron chi connectivity index (χ3n) is 7.04. The van der Waals surface area contributed by atoms with Gasteiger partial charge in [-0.05, 0) is 40.0 Å². The zero-order valence-electron chi connectivity index (χ0n) is 18.2. The van der Waals surface area contributed by atoms with Crippen LogP contribution in [0.3, 0.4) is 0 Å². The van der Waals surface area contributed by atoms with Crippen LogP contribution in [0.25, 0.3) is 0 Å². The molecule has 5 rings (SSSR count). The number of carbonyl (C=O) groups excluding carboxylic acids is 2. The second-order valence-electron chi connectivity index (χ2n) is 9.53. The first-order valence-electron chi connectivity index (χ1n) is 10.9. The summed E-state index contributed by atoms with van der Waals surface area (Å²) >= 11 is 1.57. The highest BCUT2D eigenvalue weighted by molar-refractivity contribution is 7.09. The number of amides is 2. The minimum Gasteiger partial charge on any atom is -0.338 e. The number of hydrogen-bond acceptors (Lipinski definition) is 5. The van der Waals surface area contributed by atoms with E-state index in [2.05, 4.69) is 23.8 Å². The summed E-state index contributed by atoms with van der Waals surface area (Å²) in [6, 6.07) is 0.251. The number of hydrogen-bond donors (Lipinski definition) is 0. The van der Waals surface area contributed by atoms with Gasteiger partial charge in [-0.3, -0.25) is 9.59 Å². The lowest BCUT2D eigenvalue weighted by Crippen LogP contribution is -2.42. The standard InChI is InChI=1S/C22H28FN5O2S/c1-14(2)28-10-18(24-13-28)17-9-27(20(30)22(23)4-5-22)12-21(17)6-7-26(19(21)29)8-16-11-31-15(3)25-16/h10-11,13-14,17H,4-9,12H2,1-3H3/t17-,21+/m1/s1. The summed E-state index contributed by atoms with van der Waals surface area (Å²) in [5, 5.41) is 2.96. The van der Waals surface area contributed by atoms with Crippen molar-refractivity contribution in [2.75, 3.05) is 19.6 Å². The summed E-state index contributed by atoms with van der Waals surface area (Å²) in [5.41, 5.74) is -0.776. The normalized spacial score (nSPS) is 27.1. The first-order valence-corrected chi connectivity index (χ1v) is 11.8. The summed E-state index contributed by atoms with van der Waals surface area (Å²) < 4.78 is 16.6. The Hall–Kier alpha value is -2.29. The van der Waals surface area contributed by atoms with Crippen molar-refractivity contribution in [1.29, 1.82) is 0 Å². The van der Waals surface area contributed by atoms with Crippen LogP contribution in [0.15, 0.2) is 17.9 Å². The average molecular weight is 446 g/mol. The maximum atomic E-state index is 14.6. The Balaban J connectivity index is 1.45. The molecule has 3 aliphatic rings. The molecule has 31 heavy (non-hydrogen) atoms. The summed E-state index contributed by atoms with van der Waals surface area (Å²) in [5.74, 6) is -0.659. The number of imidazole rings is 1. The summed E-state index contributed by atoms with van der Waals surface area (Å²) in [4.78, 5) is 39.1. The van der Waals surface area contributed by atoms with Crippen LogP contribution in [-0.4, -0.2) is 61.5 Å². The van der Waals surface area contributed by atoms with E-state index in [1.54, 1.807) is 22.6 Å². The average Bonchev–Trinajstić information content (AvgIpc) is 3.16. The van der Waals surface area contributed by atoms with Crippen LogP contribution in [0.4, 0.5) is 4.39 Å². The molecular formula is C22H28FN5O2S. The summed E-state index contributed by atoms with van der Waals surface area (Å²) in [6.45, 7) is 7.79. The van der Waals surface area contributed by atoms with Gasteiger partial charge in [-0.25, -0.2) is 14.4 Å². The van der Waals surface area contributed by atoms with E-state index in [9.17, 15) is 14.0 Å². The SMILES string of the molecule is Cc1nc(CN2CC[C@@]3(CN(C(=O)C4(F)CC4)C[C@@H]3c3cn(C(C)C)cn3)C2=O)cs1. The molecule has 3 fully saturated rings. The number of aromatic nitrogens is 3. The number of aryl methyl sites for hydroxylation is 1. The van der Waals surface area contributed by atoms with Crippen LogP contribution in [0.5, 0.6) is 0 Å². The molecule has 7 nitrogen and oxygen atoms in total. The largest absolute Gasteiger partial charge is 0.338 e. The monoisotopic (exact) mass is 445 g/mol. The Bertz CT molecular complexity index is 1030. The van der Waals surface area contributed by atoms with E-state index >= 15 is 0 Å². The zero-order chi connectivity index (χ0) is 22.0. The maximum Gasteiger partial charge on any atom is 0.260 e. The van der Waals surface area contributed by atoms with Crippen molar-refractivity contribution in [2.45, 2.75) is 64.2 Å². The lowest BCUT2D eigenvalue weighted by Gasteiger charge is -2.27. The molecule has 166 valence electrons. The Morgan fingerprint density at radius 2 is 2.13 bits per heavy atom. The highest BCUT2D eigenvalue weighted by Crippen LogP contribution is 2.52. The Morgan fingerprint density at radius 3 is 2.74 bits per heavy atom. The Kier molecular flexibility index (Phi) is 4.73. The fourth-order valence-corrected chi connectivity index (χ4v) is 5.62. The molecule has 0 bridgehead atoms. The lowest BCUT2D eigenvalue weighted by molar-refractivity contribution is -0.139. The van der Waals surface area contributed by atoms with Gasteiger partial charge in [0.2, 0.25) is 5.91 Å². The second-order valence-corrected chi connectivity index (χ2v) is 10.6. The first kappa shape index (κ1) is 20.6. The predicted molar refractivity (Wildman–Crippen MR) is 114 cm³/mol. The van der Waals surface area contributed by atoms with Gasteiger partial charge in [0.1, 0.15) is 0 Å². The molecule has 0 radical (unpaired) electrons. The molecule has 0 aromatic carbocycles. The quantitative estimate of drug-likeness (QED) is 0.709. The molecule has 0 unspecified atom stereocenters. The molecule has 2 amide bonds. The molecular weight excluding hydrogens is 417 g/mol. The molecule has 1 aliphatic carbocycles. The number of rotatable bonds is 5. The van der Waals surface area contributed by atoms with Crippen molar-refractivity contribution in [2.24, 2.45) is 5.41 Å². The van der Waals surface area contributed by atoms with Crippen molar-refractivity contribution in [3.63, 3.8) is 0 Å². The third-order valence-corrected chi connectivity index (χ3v) is 7.86. The lowest BCUT2D eigenvalue weighted by atomic mass is 9.75. The number of halogens is 1. The number of likely N-dealkylation sites (tertiary alicyclic amines) is 2. The number of thiazole rings is 1. The Labute approximate surface area is 185 Å². The van der Waals surface area contributed by atoms with Gasteiger partial charge in [-0.1, -0.05) is 0 Å². The minimum atomic E-state index is -1.73. The molecule has 2 aliphatic heterocycles. The molecule has 2 atom stereocenters. The van der Waals surface area contributed by atoms with Gasteiger partial charge in [-0.15, -0.1) is 11.3 Å². The molecule has 2 saturated heterocycles. The van der Waals surface area contributed by atoms with E-state index in [1.165, 1.54) is 0 Å². The molecule has 1 saturated carbocycles. The van der Waals surface area contributed by atoms with Crippen LogP contribution in [0.1, 0.15) is 61.5 Å². The van der Waals surface area contributed by atoms with E-state index in [1.807, 2.05) is 28.0 Å². The topological polar surface area (TPSA) is 71.3 Å². The summed E-state index contributed by atoms with van der Waals surface area (Å²) in [7, 11) is 0. The molecule has 0 N–H and O–H groups in total. The van der Waals surface area contributed by atoms with Crippen molar-refractivity contribution in [1.82, 2.24) is 24.3 Å². The first-order chi connectivity index (χ1) is 14.7. The zero-order valence-corrected chi connectivity index (χ0v) is 19.0. The fraction of sp³-hybridized carbons (Fsp3) is 0.636. The highest BCUT2D eigenvalue weighted by atomic mass is 32.1.